The van der Waals surface area contributed by atoms with Gasteiger partial charge in [0.2, 0.25) is 0 Å². The molecule has 0 aliphatic heterocycles. The van der Waals surface area contributed by atoms with Gasteiger partial charge in [0.15, 0.2) is 0 Å². The highest BCUT2D eigenvalue weighted by Crippen LogP contribution is 2.54. The molecule has 0 bridgehead atoms. The summed E-state index contributed by atoms with van der Waals surface area (Å²) in [5.41, 5.74) is 3.45. The molecule has 0 amide bonds. The van der Waals surface area contributed by atoms with Gasteiger partial charge in [-0.2, -0.15) is 0 Å². The highest BCUT2D eigenvalue weighted by molar-refractivity contribution is 5.77. The topological polar surface area (TPSA) is 50.1 Å². The number of nitrogens with one attached hydrogen (secondary N) is 1. The molecule has 4 heteroatoms. The highest BCUT2D eigenvalue weighted by Gasteiger charge is 2.48. The Morgan fingerprint density at radius 3 is 2.79 bits per heavy atom. The summed E-state index contributed by atoms with van der Waals surface area (Å²) in [5, 5.41) is 13.0. The molecule has 0 saturated heterocycles. The Morgan fingerprint density at radius 1 is 1.47 bits per heavy atom. The number of hydrogen-bond acceptors (Lipinski definition) is 3. The third-order valence-corrected chi connectivity index (χ3v) is 4.57. The summed E-state index contributed by atoms with van der Waals surface area (Å²) < 4.78 is 2.10. The summed E-state index contributed by atoms with van der Waals surface area (Å²) in [6, 6.07) is 6.64. The van der Waals surface area contributed by atoms with E-state index in [1.54, 1.807) is 0 Å². The van der Waals surface area contributed by atoms with E-state index in [-0.39, 0.29) is 18.1 Å². The second-order valence-corrected chi connectivity index (χ2v) is 5.71. The van der Waals surface area contributed by atoms with Crippen molar-refractivity contribution in [2.45, 2.75) is 25.8 Å². The van der Waals surface area contributed by atoms with Crippen LogP contribution in [0.3, 0.4) is 0 Å². The number of aliphatic hydroxyl groups is 1. The Labute approximate surface area is 113 Å². The fraction of sp³-hybridized carbons (Fsp3) is 0.533. The number of benzene rings is 1. The quantitative estimate of drug-likeness (QED) is 0.882. The largest absolute Gasteiger partial charge is 0.396 e. The van der Waals surface area contributed by atoms with Crippen LogP contribution in [0.15, 0.2) is 18.2 Å². The average Bonchev–Trinajstić information content (AvgIpc) is 3.14. The van der Waals surface area contributed by atoms with Crippen molar-refractivity contribution in [2.24, 2.45) is 12.5 Å². The maximum atomic E-state index is 9.62. The Hall–Kier alpha value is -1.39. The van der Waals surface area contributed by atoms with Crippen molar-refractivity contribution in [1.82, 2.24) is 14.9 Å². The van der Waals surface area contributed by atoms with Gasteiger partial charge in [-0.1, -0.05) is 6.07 Å². The first kappa shape index (κ1) is 12.6. The average molecular weight is 259 g/mol. The first-order valence-corrected chi connectivity index (χ1v) is 6.82. The molecule has 1 aliphatic carbocycles. The zero-order valence-corrected chi connectivity index (χ0v) is 11.8. The van der Waals surface area contributed by atoms with Crippen LogP contribution in [0.25, 0.3) is 11.0 Å². The molecule has 1 aliphatic rings. The monoisotopic (exact) mass is 259 g/mol. The lowest BCUT2D eigenvalue weighted by atomic mass is 9.90. The molecule has 102 valence electrons. The third kappa shape index (κ3) is 1.86. The Bertz CT molecular complexity index is 613. The molecule has 1 aromatic carbocycles. The number of rotatable bonds is 4. The minimum Gasteiger partial charge on any atom is -0.396 e. The smallest absolute Gasteiger partial charge is 0.106 e. The van der Waals surface area contributed by atoms with Crippen molar-refractivity contribution in [1.29, 1.82) is 0 Å². The molecule has 4 nitrogen and oxygen atoms in total. The van der Waals surface area contributed by atoms with Gasteiger partial charge < -0.3 is 15.0 Å². The molecule has 19 heavy (non-hydrogen) atoms. The Kier molecular flexibility index (Phi) is 2.87. The SMILES string of the molecule is CNC(c1ccc2c(c1)nc(C)n2C)C1(CO)CC1. The van der Waals surface area contributed by atoms with Crippen LogP contribution in [0.2, 0.25) is 0 Å². The van der Waals surface area contributed by atoms with Crippen LogP contribution in [0.5, 0.6) is 0 Å². The van der Waals surface area contributed by atoms with E-state index >= 15 is 0 Å². The summed E-state index contributed by atoms with van der Waals surface area (Å²) in [6.45, 7) is 2.27. The molecular weight excluding hydrogens is 238 g/mol. The molecule has 1 saturated carbocycles. The lowest BCUT2D eigenvalue weighted by molar-refractivity contribution is 0.175. The lowest BCUT2D eigenvalue weighted by Crippen LogP contribution is -2.29. The van der Waals surface area contributed by atoms with Gasteiger partial charge in [-0.05, 0) is 44.5 Å². The van der Waals surface area contributed by atoms with Crippen LogP contribution in [0.1, 0.15) is 30.3 Å². The summed E-state index contributed by atoms with van der Waals surface area (Å²) in [7, 11) is 4.00. The van der Waals surface area contributed by atoms with Gasteiger partial charge >= 0.3 is 0 Å². The summed E-state index contributed by atoms with van der Waals surface area (Å²) in [4.78, 5) is 4.59. The van der Waals surface area contributed by atoms with Crippen molar-refractivity contribution in [3.8, 4) is 0 Å². The molecule has 2 aromatic rings. The maximum Gasteiger partial charge on any atom is 0.106 e. The zero-order chi connectivity index (χ0) is 13.6. The van der Waals surface area contributed by atoms with E-state index < -0.39 is 0 Å². The van der Waals surface area contributed by atoms with E-state index in [2.05, 4.69) is 33.1 Å². The minimum atomic E-state index is 0.0340. The molecule has 1 atom stereocenters. The molecule has 1 heterocycles. The van der Waals surface area contributed by atoms with Crippen LogP contribution >= 0.6 is 0 Å². The van der Waals surface area contributed by atoms with Crippen LogP contribution in [-0.4, -0.2) is 28.3 Å². The maximum absolute atomic E-state index is 9.62. The number of aromatic nitrogens is 2. The van der Waals surface area contributed by atoms with Gasteiger partial charge in [-0.25, -0.2) is 4.98 Å². The van der Waals surface area contributed by atoms with Crippen LogP contribution in [-0.2, 0) is 7.05 Å². The molecule has 2 N–H and O–H groups in total. The van der Waals surface area contributed by atoms with Crippen molar-refractivity contribution >= 4 is 11.0 Å². The van der Waals surface area contributed by atoms with Crippen LogP contribution in [0, 0.1) is 12.3 Å². The second kappa shape index (κ2) is 4.32. The number of aryl methyl sites for hydroxylation is 2. The highest BCUT2D eigenvalue weighted by atomic mass is 16.3. The van der Waals surface area contributed by atoms with Crippen molar-refractivity contribution in [2.75, 3.05) is 13.7 Å². The number of fused-ring (bicyclic) bond motifs is 1. The summed E-state index contributed by atoms with van der Waals surface area (Å²) >= 11 is 0. The predicted molar refractivity (Wildman–Crippen MR) is 76.0 cm³/mol. The molecule has 0 spiro atoms. The van der Waals surface area contributed by atoms with E-state index in [0.717, 1.165) is 29.7 Å². The van der Waals surface area contributed by atoms with Crippen molar-refractivity contribution in [3.05, 3.63) is 29.6 Å². The van der Waals surface area contributed by atoms with E-state index in [4.69, 9.17) is 0 Å². The van der Waals surface area contributed by atoms with E-state index in [1.807, 2.05) is 21.0 Å². The fourth-order valence-electron chi connectivity index (χ4n) is 3.04. The van der Waals surface area contributed by atoms with Gasteiger partial charge in [-0.3, -0.25) is 0 Å². The van der Waals surface area contributed by atoms with E-state index in [0.29, 0.717) is 0 Å². The molecule has 3 rings (SSSR count). The first-order valence-electron chi connectivity index (χ1n) is 6.82. The first-order chi connectivity index (χ1) is 9.11. The molecule has 0 radical (unpaired) electrons. The van der Waals surface area contributed by atoms with E-state index in [1.165, 1.54) is 5.56 Å². The minimum absolute atomic E-state index is 0.0340. The number of aliphatic hydroxyl groups excluding tert-OH is 1. The summed E-state index contributed by atoms with van der Waals surface area (Å²) in [5.74, 6) is 1.02. The van der Waals surface area contributed by atoms with Gasteiger partial charge in [0, 0.05) is 18.5 Å². The molecular formula is C15H21N3O. The van der Waals surface area contributed by atoms with Gasteiger partial charge in [0.25, 0.3) is 0 Å². The second-order valence-electron chi connectivity index (χ2n) is 5.71. The molecule has 1 fully saturated rings. The molecule has 1 aromatic heterocycles. The third-order valence-electron chi connectivity index (χ3n) is 4.57. The number of nitrogens with zero attached hydrogens (tertiary/aromatic N) is 2. The van der Waals surface area contributed by atoms with E-state index in [9.17, 15) is 5.11 Å². The zero-order valence-electron chi connectivity index (χ0n) is 11.8. The normalized spacial score (nSPS) is 18.7. The standard InChI is InChI=1S/C15H21N3O/c1-10-17-12-8-11(4-5-13(12)18(10)3)14(16-2)15(9-19)6-7-15/h4-5,8,14,16,19H,6-7,9H2,1-3H3. The van der Waals surface area contributed by atoms with Gasteiger partial charge in [0.1, 0.15) is 5.82 Å². The van der Waals surface area contributed by atoms with Crippen LogP contribution in [0.4, 0.5) is 0 Å². The van der Waals surface area contributed by atoms with Gasteiger partial charge in [0.05, 0.1) is 17.6 Å². The lowest BCUT2D eigenvalue weighted by Gasteiger charge is -2.25. The summed E-state index contributed by atoms with van der Waals surface area (Å²) in [6.07, 6.45) is 2.18. The van der Waals surface area contributed by atoms with Gasteiger partial charge in [-0.15, -0.1) is 0 Å². The predicted octanol–water partition coefficient (Wildman–Crippen LogP) is 1.91. The van der Waals surface area contributed by atoms with Crippen molar-refractivity contribution < 1.29 is 5.11 Å². The number of hydrogen-bond donors (Lipinski definition) is 2. The van der Waals surface area contributed by atoms with Crippen molar-refractivity contribution in [3.63, 3.8) is 0 Å². The number of imidazole rings is 1. The molecule has 1 unspecified atom stereocenters. The Morgan fingerprint density at radius 2 is 2.21 bits per heavy atom. The Balaban J connectivity index is 2.05. The fourth-order valence-corrected chi connectivity index (χ4v) is 3.04. The van der Waals surface area contributed by atoms with Crippen LogP contribution < -0.4 is 5.32 Å².